The molecular formula is C12H12BrClO3. The summed E-state index contributed by atoms with van der Waals surface area (Å²) in [4.78, 5) is 22.5. The van der Waals surface area contributed by atoms with Crippen LogP contribution in [0.5, 0.6) is 0 Å². The molecule has 92 valence electrons. The minimum absolute atomic E-state index is 0.0853. The van der Waals surface area contributed by atoms with Crippen LogP contribution < -0.4 is 0 Å². The van der Waals surface area contributed by atoms with Crippen LogP contribution in [0.1, 0.15) is 34.6 Å². The van der Waals surface area contributed by atoms with E-state index in [2.05, 4.69) is 15.9 Å². The number of rotatable bonds is 4. The number of esters is 1. The molecule has 0 aliphatic rings. The lowest BCUT2D eigenvalue weighted by atomic mass is 10.0. The van der Waals surface area contributed by atoms with Crippen LogP contribution in [0.15, 0.2) is 18.2 Å². The van der Waals surface area contributed by atoms with E-state index in [0.29, 0.717) is 16.1 Å². The lowest BCUT2D eigenvalue weighted by Crippen LogP contribution is -2.12. The third-order valence-electron chi connectivity index (χ3n) is 2.14. The molecule has 5 heteroatoms. The lowest BCUT2D eigenvalue weighted by molar-refractivity contribution is -0.116. The van der Waals surface area contributed by atoms with Crippen LogP contribution in [0.2, 0.25) is 5.02 Å². The number of alkyl halides is 1. The molecule has 0 N–H and O–H groups in total. The molecule has 0 heterocycles. The van der Waals surface area contributed by atoms with Crippen LogP contribution >= 0.6 is 27.5 Å². The Labute approximate surface area is 113 Å². The fraction of sp³-hybridized carbons (Fsp3) is 0.333. The Bertz CT molecular complexity index is 445. The van der Waals surface area contributed by atoms with E-state index >= 15 is 0 Å². The summed E-state index contributed by atoms with van der Waals surface area (Å²) in [5, 5.41) is 0.431. The Morgan fingerprint density at radius 2 is 2.12 bits per heavy atom. The van der Waals surface area contributed by atoms with Crippen molar-refractivity contribution in [2.75, 3.05) is 6.61 Å². The zero-order chi connectivity index (χ0) is 13.0. The maximum absolute atomic E-state index is 11.7. The maximum Gasteiger partial charge on any atom is 0.338 e. The highest BCUT2D eigenvalue weighted by Gasteiger charge is 2.21. The Kier molecular flexibility index (Phi) is 5.15. The Morgan fingerprint density at radius 3 is 2.65 bits per heavy atom. The number of hydrogen-bond acceptors (Lipinski definition) is 3. The predicted molar refractivity (Wildman–Crippen MR) is 69.8 cm³/mol. The van der Waals surface area contributed by atoms with Gasteiger partial charge in [0.25, 0.3) is 0 Å². The van der Waals surface area contributed by atoms with Crippen LogP contribution in [0.25, 0.3) is 0 Å². The average Bonchev–Trinajstić information content (AvgIpc) is 2.28. The van der Waals surface area contributed by atoms with Gasteiger partial charge < -0.3 is 4.74 Å². The summed E-state index contributed by atoms with van der Waals surface area (Å²) in [6.45, 7) is 3.44. The van der Waals surface area contributed by atoms with E-state index in [1.807, 2.05) is 0 Å². The minimum atomic E-state index is -0.529. The van der Waals surface area contributed by atoms with Gasteiger partial charge in [0.2, 0.25) is 0 Å². The fourth-order valence-electron chi connectivity index (χ4n) is 1.35. The monoisotopic (exact) mass is 318 g/mol. The van der Waals surface area contributed by atoms with Crippen molar-refractivity contribution in [3.05, 3.63) is 34.3 Å². The van der Waals surface area contributed by atoms with Crippen LogP contribution in [-0.2, 0) is 9.53 Å². The molecular weight excluding hydrogens is 307 g/mol. The summed E-state index contributed by atoms with van der Waals surface area (Å²) in [7, 11) is 0. The molecule has 1 rings (SSSR count). The van der Waals surface area contributed by atoms with Gasteiger partial charge in [-0.05, 0) is 31.5 Å². The number of carbonyl (C=O) groups is 2. The number of halogens is 2. The van der Waals surface area contributed by atoms with Crippen molar-refractivity contribution in [2.24, 2.45) is 0 Å². The van der Waals surface area contributed by atoms with Crippen molar-refractivity contribution >= 4 is 39.3 Å². The number of ketones is 1. The second kappa shape index (κ2) is 6.17. The Morgan fingerprint density at radius 1 is 1.47 bits per heavy atom. The van der Waals surface area contributed by atoms with E-state index in [9.17, 15) is 9.59 Å². The second-order valence-electron chi connectivity index (χ2n) is 3.43. The van der Waals surface area contributed by atoms with Gasteiger partial charge in [-0.3, -0.25) is 4.79 Å². The summed E-state index contributed by atoms with van der Waals surface area (Å²) in [5.41, 5.74) is 0.886. The first-order valence-corrected chi connectivity index (χ1v) is 6.37. The topological polar surface area (TPSA) is 43.4 Å². The van der Waals surface area contributed by atoms with Crippen molar-refractivity contribution in [1.29, 1.82) is 0 Å². The highest BCUT2D eigenvalue weighted by atomic mass is 79.9. The predicted octanol–water partition coefficient (Wildman–Crippen LogP) is 3.54. The first kappa shape index (κ1) is 14.2. The molecule has 0 aromatic heterocycles. The van der Waals surface area contributed by atoms with Gasteiger partial charge in [0.05, 0.1) is 17.0 Å². The van der Waals surface area contributed by atoms with Gasteiger partial charge in [0.1, 0.15) is 5.78 Å². The quantitative estimate of drug-likeness (QED) is 0.630. The van der Waals surface area contributed by atoms with Crippen molar-refractivity contribution < 1.29 is 14.3 Å². The molecule has 0 spiro atoms. The third-order valence-corrected chi connectivity index (χ3v) is 3.51. The standard InChI is InChI=1S/C12H12BrClO3/c1-3-17-12(16)10-6-8(14)4-5-9(10)11(13)7(2)15/h4-6,11H,3H2,1-2H3. The number of carbonyl (C=O) groups excluding carboxylic acids is 2. The van der Waals surface area contributed by atoms with Crippen molar-refractivity contribution in [1.82, 2.24) is 0 Å². The zero-order valence-corrected chi connectivity index (χ0v) is 11.8. The lowest BCUT2D eigenvalue weighted by Gasteiger charge is -2.12. The number of hydrogen-bond donors (Lipinski definition) is 0. The maximum atomic E-state index is 11.7. The highest BCUT2D eigenvalue weighted by Crippen LogP contribution is 2.29. The van der Waals surface area contributed by atoms with Gasteiger partial charge in [-0.15, -0.1) is 0 Å². The largest absolute Gasteiger partial charge is 0.462 e. The number of ether oxygens (including phenoxy) is 1. The van der Waals surface area contributed by atoms with Crippen molar-refractivity contribution in [2.45, 2.75) is 18.7 Å². The normalized spacial score (nSPS) is 12.0. The van der Waals surface area contributed by atoms with Gasteiger partial charge in [0.15, 0.2) is 0 Å². The van der Waals surface area contributed by atoms with Crippen LogP contribution in [0.4, 0.5) is 0 Å². The Hall–Kier alpha value is -0.870. The summed E-state index contributed by atoms with van der Waals surface area (Å²) < 4.78 is 4.92. The molecule has 1 atom stereocenters. The van der Waals surface area contributed by atoms with Crippen LogP contribution in [0.3, 0.4) is 0 Å². The number of Topliss-reactive ketones (excluding diaryl/α,β-unsaturated/α-hetero) is 1. The SMILES string of the molecule is CCOC(=O)c1cc(Cl)ccc1C(Br)C(C)=O. The smallest absolute Gasteiger partial charge is 0.338 e. The summed E-state index contributed by atoms with van der Waals surface area (Å²) >= 11 is 9.08. The molecule has 1 unspecified atom stereocenters. The highest BCUT2D eigenvalue weighted by molar-refractivity contribution is 9.09. The van der Waals surface area contributed by atoms with E-state index < -0.39 is 10.8 Å². The van der Waals surface area contributed by atoms with Crippen LogP contribution in [-0.4, -0.2) is 18.4 Å². The van der Waals surface area contributed by atoms with Gasteiger partial charge >= 0.3 is 5.97 Å². The van der Waals surface area contributed by atoms with Crippen LogP contribution in [0, 0.1) is 0 Å². The van der Waals surface area contributed by atoms with E-state index in [1.54, 1.807) is 19.1 Å². The molecule has 0 amide bonds. The number of benzene rings is 1. The van der Waals surface area contributed by atoms with Crippen molar-refractivity contribution in [3.63, 3.8) is 0 Å². The van der Waals surface area contributed by atoms with E-state index in [1.165, 1.54) is 13.0 Å². The molecule has 0 radical (unpaired) electrons. The molecule has 0 aliphatic carbocycles. The molecule has 0 bridgehead atoms. The van der Waals surface area contributed by atoms with E-state index in [-0.39, 0.29) is 12.4 Å². The average molecular weight is 320 g/mol. The fourth-order valence-corrected chi connectivity index (χ4v) is 1.93. The van der Waals surface area contributed by atoms with Gasteiger partial charge in [-0.2, -0.15) is 0 Å². The second-order valence-corrected chi connectivity index (χ2v) is 4.78. The molecule has 0 aliphatic heterocycles. The summed E-state index contributed by atoms with van der Waals surface area (Å²) in [6.07, 6.45) is 0. The van der Waals surface area contributed by atoms with E-state index in [0.717, 1.165) is 0 Å². The molecule has 1 aromatic carbocycles. The summed E-state index contributed by atoms with van der Waals surface area (Å²) in [5.74, 6) is -0.562. The molecule has 0 saturated heterocycles. The molecule has 1 aromatic rings. The van der Waals surface area contributed by atoms with Crippen molar-refractivity contribution in [3.8, 4) is 0 Å². The molecule has 0 saturated carbocycles. The Balaban J connectivity index is 3.21. The van der Waals surface area contributed by atoms with Gasteiger partial charge in [-0.25, -0.2) is 4.79 Å². The minimum Gasteiger partial charge on any atom is -0.462 e. The first-order valence-electron chi connectivity index (χ1n) is 5.08. The zero-order valence-electron chi connectivity index (χ0n) is 9.50. The molecule has 0 fully saturated rings. The summed E-state index contributed by atoms with van der Waals surface area (Å²) in [6, 6.07) is 4.79. The molecule has 3 nitrogen and oxygen atoms in total. The van der Waals surface area contributed by atoms with E-state index in [4.69, 9.17) is 16.3 Å². The van der Waals surface area contributed by atoms with Gasteiger partial charge in [0, 0.05) is 5.02 Å². The third kappa shape index (κ3) is 3.54. The first-order chi connectivity index (χ1) is 7.97. The molecule has 17 heavy (non-hydrogen) atoms. The van der Waals surface area contributed by atoms with Gasteiger partial charge in [-0.1, -0.05) is 33.6 Å².